The fourth-order valence-electron chi connectivity index (χ4n) is 1.35. The van der Waals surface area contributed by atoms with E-state index in [0.717, 1.165) is 11.3 Å². The van der Waals surface area contributed by atoms with Gasteiger partial charge in [0.15, 0.2) is 0 Å². The molecule has 18 heavy (non-hydrogen) atoms. The predicted molar refractivity (Wildman–Crippen MR) is 66.5 cm³/mol. The molecule has 102 valence electrons. The predicted octanol–water partition coefficient (Wildman–Crippen LogP) is 1.19. The van der Waals surface area contributed by atoms with Gasteiger partial charge in [-0.3, -0.25) is 0 Å². The van der Waals surface area contributed by atoms with Gasteiger partial charge in [0, 0.05) is 7.11 Å². The first kappa shape index (κ1) is 14.9. The summed E-state index contributed by atoms with van der Waals surface area (Å²) in [6.45, 7) is 0.853. The van der Waals surface area contributed by atoms with Crippen molar-refractivity contribution >= 4 is 0 Å². The Balaban J connectivity index is 2.26. The molecule has 0 saturated heterocycles. The zero-order chi connectivity index (χ0) is 13.2. The Morgan fingerprint density at radius 2 is 1.89 bits per heavy atom. The largest absolute Gasteiger partial charge is 0.497 e. The van der Waals surface area contributed by atoms with Crippen LogP contribution in [0.3, 0.4) is 0 Å². The summed E-state index contributed by atoms with van der Waals surface area (Å²) in [6.07, 6.45) is -0.358. The average molecular weight is 256 g/mol. The van der Waals surface area contributed by atoms with Gasteiger partial charge in [-0.2, -0.15) is 0 Å². The van der Waals surface area contributed by atoms with Crippen LogP contribution in [0.1, 0.15) is 5.56 Å². The van der Waals surface area contributed by atoms with Gasteiger partial charge in [0.25, 0.3) is 0 Å². The normalized spacial score (nSPS) is 12.4. The van der Waals surface area contributed by atoms with Crippen LogP contribution >= 0.6 is 0 Å². The lowest BCUT2D eigenvalue weighted by Crippen LogP contribution is -2.24. The van der Waals surface area contributed by atoms with Crippen molar-refractivity contribution in [2.45, 2.75) is 12.7 Å². The SMILES string of the molecule is COCO[C@H](CO)COCc1ccc(OC)cc1. The number of methoxy groups -OCH3 is 2. The molecule has 1 rings (SSSR count). The Labute approximate surface area is 107 Å². The van der Waals surface area contributed by atoms with Crippen LogP contribution in [-0.2, 0) is 20.8 Å². The van der Waals surface area contributed by atoms with Crippen molar-refractivity contribution in [1.82, 2.24) is 0 Å². The van der Waals surface area contributed by atoms with Gasteiger partial charge in [-0.25, -0.2) is 0 Å². The molecule has 0 aliphatic heterocycles. The second kappa shape index (κ2) is 8.88. The van der Waals surface area contributed by atoms with Gasteiger partial charge in [0.05, 0.1) is 26.9 Å². The third kappa shape index (κ3) is 5.46. The number of hydrogen-bond acceptors (Lipinski definition) is 5. The second-order valence-electron chi connectivity index (χ2n) is 3.74. The minimum atomic E-state index is -0.358. The summed E-state index contributed by atoms with van der Waals surface area (Å²) in [6, 6.07) is 7.62. The number of aliphatic hydroxyl groups is 1. The zero-order valence-corrected chi connectivity index (χ0v) is 10.8. The van der Waals surface area contributed by atoms with E-state index in [1.54, 1.807) is 7.11 Å². The third-order valence-corrected chi connectivity index (χ3v) is 2.36. The van der Waals surface area contributed by atoms with Crippen LogP contribution in [0.4, 0.5) is 0 Å². The lowest BCUT2D eigenvalue weighted by Gasteiger charge is -2.15. The molecule has 5 nitrogen and oxygen atoms in total. The van der Waals surface area contributed by atoms with Crippen molar-refractivity contribution in [3.05, 3.63) is 29.8 Å². The topological polar surface area (TPSA) is 57.2 Å². The van der Waals surface area contributed by atoms with Gasteiger partial charge in [-0.15, -0.1) is 0 Å². The zero-order valence-electron chi connectivity index (χ0n) is 10.8. The summed E-state index contributed by atoms with van der Waals surface area (Å²) in [4.78, 5) is 0. The maximum Gasteiger partial charge on any atom is 0.146 e. The van der Waals surface area contributed by atoms with Gasteiger partial charge >= 0.3 is 0 Å². The van der Waals surface area contributed by atoms with Crippen LogP contribution < -0.4 is 4.74 Å². The molecule has 0 amide bonds. The first-order chi connectivity index (χ1) is 8.80. The van der Waals surface area contributed by atoms with E-state index in [4.69, 9.17) is 24.1 Å². The van der Waals surface area contributed by atoms with Crippen LogP contribution in [0.25, 0.3) is 0 Å². The Hall–Kier alpha value is -1.14. The second-order valence-corrected chi connectivity index (χ2v) is 3.74. The molecule has 0 fully saturated rings. The molecule has 0 aromatic heterocycles. The number of hydrogen-bond donors (Lipinski definition) is 1. The molecule has 5 heteroatoms. The summed E-state index contributed by atoms with van der Waals surface area (Å²) in [5.74, 6) is 0.815. The number of ether oxygens (including phenoxy) is 4. The molecule has 1 aromatic rings. The van der Waals surface area contributed by atoms with E-state index < -0.39 is 0 Å². The van der Waals surface area contributed by atoms with E-state index in [1.807, 2.05) is 24.3 Å². The smallest absolute Gasteiger partial charge is 0.146 e. The highest BCUT2D eigenvalue weighted by atomic mass is 16.7. The maximum atomic E-state index is 9.04. The molecule has 0 spiro atoms. The van der Waals surface area contributed by atoms with E-state index in [1.165, 1.54) is 7.11 Å². The van der Waals surface area contributed by atoms with Gasteiger partial charge in [0.1, 0.15) is 18.6 Å². The third-order valence-electron chi connectivity index (χ3n) is 2.36. The Morgan fingerprint density at radius 3 is 2.44 bits per heavy atom. The fraction of sp³-hybridized carbons (Fsp3) is 0.538. The van der Waals surface area contributed by atoms with Crippen LogP contribution in [0.5, 0.6) is 5.75 Å². The minimum absolute atomic E-state index is 0.0913. The standard InChI is InChI=1S/C13H20O5/c1-15-10-18-13(7-14)9-17-8-11-3-5-12(16-2)6-4-11/h3-6,13-14H,7-10H2,1-2H3/t13-/m1/s1. The molecule has 1 atom stereocenters. The van der Waals surface area contributed by atoms with E-state index >= 15 is 0 Å². The summed E-state index contributed by atoms with van der Waals surface area (Å²) in [5.41, 5.74) is 1.04. The summed E-state index contributed by atoms with van der Waals surface area (Å²) < 4.78 is 20.5. The van der Waals surface area contributed by atoms with Crippen LogP contribution in [0.15, 0.2) is 24.3 Å². The van der Waals surface area contributed by atoms with Gasteiger partial charge in [-0.05, 0) is 17.7 Å². The summed E-state index contributed by atoms with van der Waals surface area (Å²) in [5, 5.41) is 9.04. The van der Waals surface area contributed by atoms with E-state index in [0.29, 0.717) is 13.2 Å². The van der Waals surface area contributed by atoms with E-state index in [2.05, 4.69) is 0 Å². The van der Waals surface area contributed by atoms with E-state index in [-0.39, 0.29) is 19.5 Å². The molecule has 0 saturated carbocycles. The lowest BCUT2D eigenvalue weighted by atomic mass is 10.2. The quantitative estimate of drug-likeness (QED) is 0.673. The van der Waals surface area contributed by atoms with Crippen molar-refractivity contribution < 1.29 is 24.1 Å². The van der Waals surface area contributed by atoms with Crippen molar-refractivity contribution in [3.63, 3.8) is 0 Å². The molecule has 0 aliphatic rings. The van der Waals surface area contributed by atoms with Crippen LogP contribution in [-0.4, -0.2) is 45.4 Å². The molecular formula is C13H20O5. The van der Waals surface area contributed by atoms with Crippen molar-refractivity contribution in [2.24, 2.45) is 0 Å². The fourth-order valence-corrected chi connectivity index (χ4v) is 1.35. The van der Waals surface area contributed by atoms with Crippen LogP contribution in [0, 0.1) is 0 Å². The Bertz CT molecular complexity index is 312. The highest BCUT2D eigenvalue weighted by molar-refractivity contribution is 5.26. The molecule has 1 N–H and O–H groups in total. The molecule has 1 aromatic carbocycles. The van der Waals surface area contributed by atoms with Gasteiger partial charge < -0.3 is 24.1 Å². The number of benzene rings is 1. The molecule has 0 heterocycles. The average Bonchev–Trinajstić information content (AvgIpc) is 2.43. The molecule has 0 aliphatic carbocycles. The van der Waals surface area contributed by atoms with Crippen molar-refractivity contribution in [3.8, 4) is 5.75 Å². The minimum Gasteiger partial charge on any atom is -0.497 e. The molecule has 0 unspecified atom stereocenters. The van der Waals surface area contributed by atoms with Crippen molar-refractivity contribution in [1.29, 1.82) is 0 Å². The Morgan fingerprint density at radius 1 is 1.17 bits per heavy atom. The highest BCUT2D eigenvalue weighted by Crippen LogP contribution is 2.12. The first-order valence-electron chi connectivity index (χ1n) is 5.72. The highest BCUT2D eigenvalue weighted by Gasteiger charge is 2.07. The number of rotatable bonds is 9. The van der Waals surface area contributed by atoms with Gasteiger partial charge in [0.2, 0.25) is 0 Å². The summed E-state index contributed by atoms with van der Waals surface area (Å²) in [7, 11) is 3.16. The monoisotopic (exact) mass is 256 g/mol. The van der Waals surface area contributed by atoms with E-state index in [9.17, 15) is 0 Å². The Kier molecular flexibility index (Phi) is 7.36. The number of aliphatic hydroxyl groups excluding tert-OH is 1. The van der Waals surface area contributed by atoms with Crippen LogP contribution in [0.2, 0.25) is 0 Å². The lowest BCUT2D eigenvalue weighted by molar-refractivity contribution is -0.113. The molecule has 0 radical (unpaired) electrons. The summed E-state index contributed by atoms with van der Waals surface area (Å²) >= 11 is 0. The molecule has 0 bridgehead atoms. The maximum absolute atomic E-state index is 9.04. The van der Waals surface area contributed by atoms with Crippen molar-refractivity contribution in [2.75, 3.05) is 34.2 Å². The van der Waals surface area contributed by atoms with Gasteiger partial charge in [-0.1, -0.05) is 12.1 Å². The first-order valence-corrected chi connectivity index (χ1v) is 5.72. The molecular weight excluding hydrogens is 236 g/mol.